The second-order valence-corrected chi connectivity index (χ2v) is 5.46. The van der Waals surface area contributed by atoms with Crippen molar-refractivity contribution in [3.63, 3.8) is 0 Å². The van der Waals surface area contributed by atoms with E-state index in [1.807, 2.05) is 0 Å². The van der Waals surface area contributed by atoms with E-state index in [2.05, 4.69) is 33.7 Å². The Balaban J connectivity index is 2.05. The summed E-state index contributed by atoms with van der Waals surface area (Å²) < 4.78 is 7.52. The summed E-state index contributed by atoms with van der Waals surface area (Å²) >= 11 is 0. The molecule has 0 spiro atoms. The van der Waals surface area contributed by atoms with Gasteiger partial charge in [-0.15, -0.1) is 0 Å². The molecule has 0 aliphatic carbocycles. The molecule has 8 nitrogen and oxygen atoms in total. The first kappa shape index (κ1) is 15.1. The lowest BCUT2D eigenvalue weighted by Gasteiger charge is -2.26. The Labute approximate surface area is 128 Å². The van der Waals surface area contributed by atoms with Crippen LogP contribution in [-0.2, 0) is 10.6 Å². The lowest BCUT2D eigenvalue weighted by atomic mass is 10.2. The highest BCUT2D eigenvalue weighted by Gasteiger charge is 2.39. The van der Waals surface area contributed by atoms with Crippen LogP contribution in [0.4, 0.5) is 5.82 Å². The second kappa shape index (κ2) is 5.79. The zero-order valence-electron chi connectivity index (χ0n) is 12.9. The molecule has 2 atom stereocenters. The molecule has 0 aromatic carbocycles. The maximum Gasteiger partial charge on any atom is 0.201 e. The van der Waals surface area contributed by atoms with Gasteiger partial charge in [-0.2, -0.15) is 0 Å². The second-order valence-electron chi connectivity index (χ2n) is 5.46. The predicted octanol–water partition coefficient (Wildman–Crippen LogP) is 0.413. The van der Waals surface area contributed by atoms with E-state index in [0.29, 0.717) is 24.0 Å². The van der Waals surface area contributed by atoms with Gasteiger partial charge in [0.25, 0.3) is 0 Å². The average Bonchev–Trinajstić information content (AvgIpc) is 3.13. The van der Waals surface area contributed by atoms with Crippen molar-refractivity contribution in [2.75, 3.05) is 24.6 Å². The summed E-state index contributed by atoms with van der Waals surface area (Å²) in [5.41, 5.74) is 7.73. The van der Waals surface area contributed by atoms with Crippen molar-refractivity contribution in [3.05, 3.63) is 12.7 Å². The predicted molar refractivity (Wildman–Crippen MR) is 82.2 cm³/mol. The summed E-state index contributed by atoms with van der Waals surface area (Å²) in [5.74, 6) is -0.217. The van der Waals surface area contributed by atoms with Gasteiger partial charge in [0.1, 0.15) is 12.7 Å². The van der Waals surface area contributed by atoms with E-state index in [9.17, 15) is 5.11 Å². The minimum absolute atomic E-state index is 0.0364. The molecule has 0 saturated carbocycles. The normalized spacial score (nSPS) is 25.0. The molecule has 2 unspecified atom stereocenters. The van der Waals surface area contributed by atoms with Gasteiger partial charge in [0.2, 0.25) is 5.85 Å². The van der Waals surface area contributed by atoms with Crippen LogP contribution in [0, 0.1) is 0 Å². The SMILES string of the molecule is CCN(CC)c1ncnc2c1ncn2C1(N)CCC(CO)O1. The van der Waals surface area contributed by atoms with E-state index >= 15 is 0 Å². The van der Waals surface area contributed by atoms with E-state index in [-0.39, 0.29) is 12.7 Å². The van der Waals surface area contributed by atoms with Gasteiger partial charge >= 0.3 is 0 Å². The number of aliphatic hydroxyl groups excluding tert-OH is 1. The van der Waals surface area contributed by atoms with Crippen LogP contribution in [0.25, 0.3) is 11.2 Å². The minimum Gasteiger partial charge on any atom is -0.394 e. The highest BCUT2D eigenvalue weighted by Crippen LogP contribution is 2.33. The van der Waals surface area contributed by atoms with E-state index in [4.69, 9.17) is 10.5 Å². The molecule has 0 bridgehead atoms. The van der Waals surface area contributed by atoms with Crippen LogP contribution >= 0.6 is 0 Å². The molecule has 1 fully saturated rings. The van der Waals surface area contributed by atoms with Gasteiger partial charge in [0.05, 0.1) is 12.7 Å². The van der Waals surface area contributed by atoms with Crippen LogP contribution in [0.15, 0.2) is 12.7 Å². The Morgan fingerprint density at radius 3 is 2.82 bits per heavy atom. The maximum absolute atomic E-state index is 9.25. The molecular formula is C14H22N6O2. The molecule has 3 N–H and O–H groups in total. The first-order valence-electron chi connectivity index (χ1n) is 7.64. The topological polar surface area (TPSA) is 102 Å². The third-order valence-electron chi connectivity index (χ3n) is 4.18. The van der Waals surface area contributed by atoms with Crippen molar-refractivity contribution in [1.29, 1.82) is 0 Å². The summed E-state index contributed by atoms with van der Waals surface area (Å²) in [5, 5.41) is 9.25. The van der Waals surface area contributed by atoms with Gasteiger partial charge in [-0.1, -0.05) is 0 Å². The van der Waals surface area contributed by atoms with Crippen molar-refractivity contribution in [2.45, 2.75) is 38.6 Å². The summed E-state index contributed by atoms with van der Waals surface area (Å²) in [6.07, 6.45) is 4.24. The molecule has 0 amide bonds. The number of aliphatic hydroxyl groups is 1. The zero-order chi connectivity index (χ0) is 15.7. The van der Waals surface area contributed by atoms with Crippen LogP contribution in [0.5, 0.6) is 0 Å². The van der Waals surface area contributed by atoms with E-state index in [0.717, 1.165) is 18.9 Å². The van der Waals surface area contributed by atoms with Crippen molar-refractivity contribution in [3.8, 4) is 0 Å². The lowest BCUT2D eigenvalue weighted by Crippen LogP contribution is -2.43. The average molecular weight is 306 g/mol. The zero-order valence-corrected chi connectivity index (χ0v) is 12.9. The third-order valence-corrected chi connectivity index (χ3v) is 4.18. The molecule has 22 heavy (non-hydrogen) atoms. The van der Waals surface area contributed by atoms with E-state index in [1.54, 1.807) is 10.9 Å². The van der Waals surface area contributed by atoms with Gasteiger partial charge in [-0.3, -0.25) is 10.3 Å². The molecular weight excluding hydrogens is 284 g/mol. The lowest BCUT2D eigenvalue weighted by molar-refractivity contribution is -0.104. The van der Waals surface area contributed by atoms with Gasteiger partial charge in [0, 0.05) is 19.5 Å². The minimum atomic E-state index is -1.02. The Morgan fingerprint density at radius 1 is 1.41 bits per heavy atom. The van der Waals surface area contributed by atoms with E-state index < -0.39 is 5.85 Å². The highest BCUT2D eigenvalue weighted by molar-refractivity contribution is 5.83. The number of imidazole rings is 1. The summed E-state index contributed by atoms with van der Waals surface area (Å²) in [6, 6.07) is 0. The number of anilines is 1. The summed E-state index contributed by atoms with van der Waals surface area (Å²) in [4.78, 5) is 15.3. The molecule has 2 aromatic rings. The number of rotatable bonds is 5. The first-order valence-corrected chi connectivity index (χ1v) is 7.64. The van der Waals surface area contributed by atoms with Crippen molar-refractivity contribution < 1.29 is 9.84 Å². The van der Waals surface area contributed by atoms with Gasteiger partial charge in [-0.25, -0.2) is 15.0 Å². The summed E-state index contributed by atoms with van der Waals surface area (Å²) in [7, 11) is 0. The van der Waals surface area contributed by atoms with Crippen LogP contribution in [-0.4, -0.2) is 50.4 Å². The van der Waals surface area contributed by atoms with Crippen molar-refractivity contribution in [1.82, 2.24) is 19.5 Å². The van der Waals surface area contributed by atoms with Gasteiger partial charge in [-0.05, 0) is 20.3 Å². The molecule has 8 heteroatoms. The number of nitrogens with two attached hydrogens (primary N) is 1. The number of ether oxygens (including phenoxy) is 1. The van der Waals surface area contributed by atoms with Crippen molar-refractivity contribution in [2.24, 2.45) is 5.73 Å². The number of hydrogen-bond acceptors (Lipinski definition) is 7. The fraction of sp³-hybridized carbons (Fsp3) is 0.643. The van der Waals surface area contributed by atoms with Gasteiger partial charge in [0.15, 0.2) is 17.0 Å². The number of nitrogens with zero attached hydrogens (tertiary/aromatic N) is 5. The standard InChI is InChI=1S/C14H22N6O2/c1-3-19(4-2)12-11-13(17-8-16-12)20(9-18-11)14(15)6-5-10(7-21)22-14/h8-10,21H,3-7,15H2,1-2H3. The van der Waals surface area contributed by atoms with Crippen LogP contribution in [0.3, 0.4) is 0 Å². The maximum atomic E-state index is 9.25. The molecule has 120 valence electrons. The first-order chi connectivity index (χ1) is 10.6. The Hall–Kier alpha value is -1.77. The Morgan fingerprint density at radius 2 is 2.18 bits per heavy atom. The van der Waals surface area contributed by atoms with E-state index in [1.165, 1.54) is 6.33 Å². The van der Waals surface area contributed by atoms with Gasteiger partial charge < -0.3 is 14.7 Å². The molecule has 1 saturated heterocycles. The monoisotopic (exact) mass is 306 g/mol. The van der Waals surface area contributed by atoms with Crippen LogP contribution in [0.1, 0.15) is 26.7 Å². The number of aromatic nitrogens is 4. The Bertz CT molecular complexity index is 656. The fourth-order valence-corrected chi connectivity index (χ4v) is 2.93. The largest absolute Gasteiger partial charge is 0.394 e. The molecule has 1 aliphatic heterocycles. The molecule has 1 aliphatic rings. The summed E-state index contributed by atoms with van der Waals surface area (Å²) in [6.45, 7) is 5.79. The Kier molecular flexibility index (Phi) is 3.98. The third kappa shape index (κ3) is 2.33. The molecule has 3 rings (SSSR count). The fourth-order valence-electron chi connectivity index (χ4n) is 2.93. The highest BCUT2D eigenvalue weighted by atomic mass is 16.6. The smallest absolute Gasteiger partial charge is 0.201 e. The molecule has 3 heterocycles. The van der Waals surface area contributed by atoms with Crippen molar-refractivity contribution >= 4 is 17.0 Å². The molecule has 2 aromatic heterocycles. The van der Waals surface area contributed by atoms with Crippen LogP contribution in [0.2, 0.25) is 0 Å². The van der Waals surface area contributed by atoms with Crippen LogP contribution < -0.4 is 10.6 Å². The number of hydrogen-bond donors (Lipinski definition) is 2. The molecule has 0 radical (unpaired) electrons. The quantitative estimate of drug-likeness (QED) is 0.825. The number of fused-ring (bicyclic) bond motifs is 1.